The molecule has 0 fully saturated rings. The Labute approximate surface area is 142 Å². The fraction of sp³-hybridized carbons (Fsp3) is 0.118. The molecule has 3 aromatic rings. The SMILES string of the molecule is CSc1noc(C)c1-c1ccnc(Nc2cccc(C(=O)O)c2)c1. The lowest BCUT2D eigenvalue weighted by Gasteiger charge is -2.08. The van der Waals surface area contributed by atoms with Gasteiger partial charge in [0.05, 0.1) is 11.1 Å². The van der Waals surface area contributed by atoms with E-state index >= 15 is 0 Å². The first-order valence-electron chi connectivity index (χ1n) is 7.15. The number of aryl methyl sites for hydroxylation is 1. The molecule has 0 radical (unpaired) electrons. The third kappa shape index (κ3) is 3.26. The van der Waals surface area contributed by atoms with E-state index < -0.39 is 5.97 Å². The monoisotopic (exact) mass is 341 g/mol. The first kappa shape index (κ1) is 16.1. The summed E-state index contributed by atoms with van der Waals surface area (Å²) < 4.78 is 5.26. The van der Waals surface area contributed by atoms with Crippen LogP contribution in [0.2, 0.25) is 0 Å². The molecule has 24 heavy (non-hydrogen) atoms. The Morgan fingerprint density at radius 1 is 1.29 bits per heavy atom. The van der Waals surface area contributed by atoms with E-state index in [4.69, 9.17) is 9.63 Å². The molecule has 3 rings (SSSR count). The average Bonchev–Trinajstić information content (AvgIpc) is 2.96. The number of nitrogens with zero attached hydrogens (tertiary/aromatic N) is 2. The second-order valence-electron chi connectivity index (χ2n) is 5.06. The van der Waals surface area contributed by atoms with Crippen LogP contribution in [0.3, 0.4) is 0 Å². The van der Waals surface area contributed by atoms with Crippen LogP contribution in [0.1, 0.15) is 16.1 Å². The lowest BCUT2D eigenvalue weighted by Crippen LogP contribution is -1.99. The molecular weight excluding hydrogens is 326 g/mol. The highest BCUT2D eigenvalue weighted by Crippen LogP contribution is 2.33. The van der Waals surface area contributed by atoms with E-state index in [9.17, 15) is 4.79 Å². The Balaban J connectivity index is 1.92. The number of rotatable bonds is 5. The van der Waals surface area contributed by atoms with Gasteiger partial charge in [0.1, 0.15) is 16.6 Å². The smallest absolute Gasteiger partial charge is 0.335 e. The molecule has 2 heterocycles. The van der Waals surface area contributed by atoms with Gasteiger partial charge in [0.2, 0.25) is 0 Å². The molecule has 7 heteroatoms. The van der Waals surface area contributed by atoms with Crippen molar-refractivity contribution >= 4 is 29.2 Å². The number of pyridine rings is 1. The number of hydrogen-bond donors (Lipinski definition) is 2. The minimum atomic E-state index is -0.968. The standard InChI is InChI=1S/C17H15N3O3S/c1-10-15(16(24-2)20-23-10)11-6-7-18-14(9-11)19-13-5-3-4-12(8-13)17(21)22/h3-9H,1-2H3,(H,18,19)(H,21,22). The fourth-order valence-electron chi connectivity index (χ4n) is 2.35. The topological polar surface area (TPSA) is 88.3 Å². The lowest BCUT2D eigenvalue weighted by molar-refractivity contribution is 0.0697. The van der Waals surface area contributed by atoms with Crippen LogP contribution in [0.5, 0.6) is 0 Å². The molecule has 0 aliphatic heterocycles. The van der Waals surface area contributed by atoms with Crippen molar-refractivity contribution in [3.63, 3.8) is 0 Å². The number of carboxylic acid groups (broad SMARTS) is 1. The average molecular weight is 341 g/mol. The number of thioether (sulfide) groups is 1. The molecule has 0 aliphatic rings. The summed E-state index contributed by atoms with van der Waals surface area (Å²) >= 11 is 1.52. The number of aromatic nitrogens is 2. The summed E-state index contributed by atoms with van der Waals surface area (Å²) in [5.74, 6) is 0.386. The zero-order valence-corrected chi connectivity index (χ0v) is 13.9. The maximum Gasteiger partial charge on any atom is 0.335 e. The molecule has 0 saturated heterocycles. The van der Waals surface area contributed by atoms with E-state index in [1.165, 1.54) is 11.8 Å². The predicted molar refractivity (Wildman–Crippen MR) is 92.9 cm³/mol. The highest BCUT2D eigenvalue weighted by molar-refractivity contribution is 7.98. The van der Waals surface area contributed by atoms with Gasteiger partial charge in [-0.25, -0.2) is 9.78 Å². The number of aromatic carboxylic acids is 1. The van der Waals surface area contributed by atoms with Crippen LogP contribution in [0.25, 0.3) is 11.1 Å². The second-order valence-corrected chi connectivity index (χ2v) is 5.86. The minimum Gasteiger partial charge on any atom is -0.478 e. The minimum absolute atomic E-state index is 0.218. The summed E-state index contributed by atoms with van der Waals surface area (Å²) in [7, 11) is 0. The van der Waals surface area contributed by atoms with E-state index in [2.05, 4.69) is 15.5 Å². The molecule has 0 bridgehead atoms. The first-order valence-corrected chi connectivity index (χ1v) is 8.38. The van der Waals surface area contributed by atoms with Crippen LogP contribution in [-0.2, 0) is 0 Å². The second kappa shape index (κ2) is 6.76. The van der Waals surface area contributed by atoms with Crippen LogP contribution in [0, 0.1) is 6.92 Å². The summed E-state index contributed by atoms with van der Waals surface area (Å²) in [6.07, 6.45) is 3.63. The molecule has 2 aromatic heterocycles. The number of hydrogen-bond acceptors (Lipinski definition) is 6. The maximum atomic E-state index is 11.1. The molecule has 0 atom stereocenters. The number of anilines is 2. The molecule has 0 aliphatic carbocycles. The highest BCUT2D eigenvalue weighted by atomic mass is 32.2. The van der Waals surface area contributed by atoms with E-state index in [-0.39, 0.29) is 5.56 Å². The zero-order chi connectivity index (χ0) is 17.1. The van der Waals surface area contributed by atoms with Gasteiger partial charge in [-0.2, -0.15) is 0 Å². The molecular formula is C17H15N3O3S. The number of benzene rings is 1. The number of carboxylic acids is 1. The van der Waals surface area contributed by atoms with Crippen molar-refractivity contribution in [2.45, 2.75) is 11.9 Å². The van der Waals surface area contributed by atoms with Gasteiger partial charge in [-0.15, -0.1) is 11.8 Å². The third-order valence-electron chi connectivity index (χ3n) is 3.46. The van der Waals surface area contributed by atoms with Crippen LogP contribution in [0.4, 0.5) is 11.5 Å². The van der Waals surface area contributed by atoms with Crippen LogP contribution >= 0.6 is 11.8 Å². The van der Waals surface area contributed by atoms with Gasteiger partial charge < -0.3 is 14.9 Å². The molecule has 1 aromatic carbocycles. The van der Waals surface area contributed by atoms with Gasteiger partial charge in [-0.3, -0.25) is 0 Å². The summed E-state index contributed by atoms with van der Waals surface area (Å²) in [5, 5.41) is 17.1. The van der Waals surface area contributed by atoms with Crippen LogP contribution in [-0.4, -0.2) is 27.5 Å². The van der Waals surface area contributed by atoms with Gasteiger partial charge in [0, 0.05) is 11.9 Å². The van der Waals surface area contributed by atoms with Gasteiger partial charge in [0.15, 0.2) is 0 Å². The van der Waals surface area contributed by atoms with Gasteiger partial charge >= 0.3 is 5.97 Å². The van der Waals surface area contributed by atoms with Crippen molar-refractivity contribution in [2.24, 2.45) is 0 Å². The normalized spacial score (nSPS) is 10.6. The van der Waals surface area contributed by atoms with Crippen molar-refractivity contribution in [2.75, 3.05) is 11.6 Å². The first-order chi connectivity index (χ1) is 11.6. The Bertz CT molecular complexity index is 892. The molecule has 2 N–H and O–H groups in total. The third-order valence-corrected chi connectivity index (χ3v) is 4.12. The lowest BCUT2D eigenvalue weighted by atomic mass is 10.1. The Hall–Kier alpha value is -2.80. The largest absolute Gasteiger partial charge is 0.478 e. The number of carbonyl (C=O) groups is 1. The van der Waals surface area contributed by atoms with Crippen molar-refractivity contribution in [3.05, 3.63) is 53.9 Å². The molecule has 122 valence electrons. The quantitative estimate of drug-likeness (QED) is 0.672. The summed E-state index contributed by atoms with van der Waals surface area (Å²) in [6.45, 7) is 1.87. The predicted octanol–water partition coefficient (Wildman–Crippen LogP) is 4.21. The highest BCUT2D eigenvalue weighted by Gasteiger charge is 2.15. The van der Waals surface area contributed by atoms with E-state index in [0.29, 0.717) is 11.5 Å². The van der Waals surface area contributed by atoms with Gasteiger partial charge in [-0.1, -0.05) is 11.2 Å². The van der Waals surface area contributed by atoms with Crippen molar-refractivity contribution in [1.29, 1.82) is 0 Å². The fourth-order valence-corrected chi connectivity index (χ4v) is 2.93. The van der Waals surface area contributed by atoms with E-state index in [1.54, 1.807) is 30.5 Å². The maximum absolute atomic E-state index is 11.1. The van der Waals surface area contributed by atoms with Crippen LogP contribution < -0.4 is 5.32 Å². The molecule has 0 amide bonds. The Morgan fingerprint density at radius 2 is 2.12 bits per heavy atom. The van der Waals surface area contributed by atoms with E-state index in [1.807, 2.05) is 25.3 Å². The van der Waals surface area contributed by atoms with Crippen molar-refractivity contribution in [1.82, 2.24) is 10.1 Å². The van der Waals surface area contributed by atoms with Gasteiger partial charge in [-0.05, 0) is 49.1 Å². The van der Waals surface area contributed by atoms with Crippen molar-refractivity contribution in [3.8, 4) is 11.1 Å². The Kier molecular flexibility index (Phi) is 4.52. The summed E-state index contributed by atoms with van der Waals surface area (Å²) in [6, 6.07) is 10.4. The van der Waals surface area contributed by atoms with Crippen LogP contribution in [0.15, 0.2) is 52.1 Å². The number of nitrogens with one attached hydrogen (secondary N) is 1. The van der Waals surface area contributed by atoms with Gasteiger partial charge in [0.25, 0.3) is 0 Å². The molecule has 0 saturated carbocycles. The zero-order valence-electron chi connectivity index (χ0n) is 13.1. The Morgan fingerprint density at radius 3 is 2.88 bits per heavy atom. The molecule has 6 nitrogen and oxygen atoms in total. The summed E-state index contributed by atoms with van der Waals surface area (Å²) in [5.41, 5.74) is 2.75. The van der Waals surface area contributed by atoms with E-state index in [0.717, 1.165) is 21.9 Å². The molecule has 0 unspecified atom stereocenters. The molecule has 0 spiro atoms. The summed E-state index contributed by atoms with van der Waals surface area (Å²) in [4.78, 5) is 15.3. The van der Waals surface area contributed by atoms with Crippen molar-refractivity contribution < 1.29 is 14.4 Å².